The van der Waals surface area contributed by atoms with Crippen LogP contribution in [0, 0.1) is 0 Å². The van der Waals surface area contributed by atoms with Crippen molar-refractivity contribution in [3.8, 4) is 0 Å². The van der Waals surface area contributed by atoms with E-state index >= 15 is 0 Å². The van der Waals surface area contributed by atoms with Crippen LogP contribution in [-0.2, 0) is 6.42 Å². The molecule has 0 aromatic heterocycles. The second-order valence-electron chi connectivity index (χ2n) is 3.86. The number of rotatable bonds is 3. The van der Waals surface area contributed by atoms with Gasteiger partial charge in [0.15, 0.2) is 5.96 Å². The zero-order valence-electron chi connectivity index (χ0n) is 10.0. The Morgan fingerprint density at radius 1 is 1.56 bits per heavy atom. The van der Waals surface area contributed by atoms with Crippen molar-refractivity contribution in [1.82, 2.24) is 0 Å². The molecule has 0 aliphatic carbocycles. The van der Waals surface area contributed by atoms with Crippen LogP contribution in [0.4, 0.5) is 5.69 Å². The highest BCUT2D eigenvalue weighted by Gasteiger charge is 2.06. The second kappa shape index (κ2) is 5.51. The fraction of sp³-hybridized carbons (Fsp3) is 0.417. The van der Waals surface area contributed by atoms with E-state index in [9.17, 15) is 5.11 Å². The molecule has 0 bridgehead atoms. The van der Waals surface area contributed by atoms with Crippen molar-refractivity contribution in [2.45, 2.75) is 19.4 Å². The van der Waals surface area contributed by atoms with E-state index < -0.39 is 0 Å². The van der Waals surface area contributed by atoms with Gasteiger partial charge in [-0.05, 0) is 31.0 Å². The quantitative estimate of drug-likeness (QED) is 0.591. The second-order valence-corrected chi connectivity index (χ2v) is 3.86. The zero-order chi connectivity index (χ0) is 12.1. The molecule has 4 nitrogen and oxygen atoms in total. The number of guanidine groups is 1. The summed E-state index contributed by atoms with van der Waals surface area (Å²) in [6.07, 6.45) is 0.308. The number of aliphatic hydroxyl groups is 1. The molecule has 88 valence electrons. The molecule has 1 aromatic carbocycles. The van der Waals surface area contributed by atoms with Crippen molar-refractivity contribution in [3.63, 3.8) is 0 Å². The molecule has 0 unspecified atom stereocenters. The van der Waals surface area contributed by atoms with Crippen LogP contribution < -0.4 is 10.6 Å². The molecule has 0 aliphatic heterocycles. The molecular weight excluding hydrogens is 202 g/mol. The average Bonchev–Trinajstić information content (AvgIpc) is 2.26. The van der Waals surface area contributed by atoms with Crippen LogP contribution in [-0.4, -0.2) is 31.3 Å². The topological polar surface area (TPSA) is 61.8 Å². The van der Waals surface area contributed by atoms with Crippen LogP contribution in [0.5, 0.6) is 0 Å². The van der Waals surface area contributed by atoms with Gasteiger partial charge in [0.2, 0.25) is 0 Å². The van der Waals surface area contributed by atoms with Gasteiger partial charge in [-0.15, -0.1) is 0 Å². The van der Waals surface area contributed by atoms with Gasteiger partial charge in [0.05, 0.1) is 6.10 Å². The smallest absolute Gasteiger partial charge is 0.195 e. The van der Waals surface area contributed by atoms with Crippen LogP contribution >= 0.6 is 0 Å². The van der Waals surface area contributed by atoms with E-state index in [4.69, 9.17) is 5.73 Å². The first kappa shape index (κ1) is 12.5. The molecular formula is C12H19N3O. The number of anilines is 1. The lowest BCUT2D eigenvalue weighted by molar-refractivity contribution is 0.195. The largest absolute Gasteiger partial charge is 0.393 e. The van der Waals surface area contributed by atoms with Crippen LogP contribution in [0.25, 0.3) is 0 Å². The fourth-order valence-corrected chi connectivity index (χ4v) is 1.52. The third-order valence-corrected chi connectivity index (χ3v) is 2.40. The lowest BCUT2D eigenvalue weighted by Crippen LogP contribution is -2.33. The first-order chi connectivity index (χ1) is 7.54. The van der Waals surface area contributed by atoms with Crippen molar-refractivity contribution in [2.75, 3.05) is 19.0 Å². The van der Waals surface area contributed by atoms with Crippen LogP contribution in [0.1, 0.15) is 12.5 Å². The summed E-state index contributed by atoms with van der Waals surface area (Å²) in [6.45, 7) is 1.78. The molecule has 0 fully saturated rings. The molecule has 4 heteroatoms. The molecule has 1 atom stereocenters. The van der Waals surface area contributed by atoms with E-state index in [0.717, 1.165) is 11.3 Å². The molecule has 1 rings (SSSR count). The van der Waals surface area contributed by atoms with Gasteiger partial charge in [-0.3, -0.25) is 4.99 Å². The molecule has 0 saturated heterocycles. The summed E-state index contributed by atoms with van der Waals surface area (Å²) < 4.78 is 0. The Morgan fingerprint density at radius 3 is 2.81 bits per heavy atom. The van der Waals surface area contributed by atoms with E-state index in [0.29, 0.717) is 12.4 Å². The minimum absolute atomic E-state index is 0.335. The minimum Gasteiger partial charge on any atom is -0.393 e. The van der Waals surface area contributed by atoms with Crippen molar-refractivity contribution in [1.29, 1.82) is 0 Å². The summed E-state index contributed by atoms with van der Waals surface area (Å²) in [6, 6.07) is 7.91. The first-order valence-corrected chi connectivity index (χ1v) is 5.27. The zero-order valence-corrected chi connectivity index (χ0v) is 10.0. The minimum atomic E-state index is -0.335. The van der Waals surface area contributed by atoms with Crippen molar-refractivity contribution in [3.05, 3.63) is 29.8 Å². The fourth-order valence-electron chi connectivity index (χ4n) is 1.52. The summed E-state index contributed by atoms with van der Waals surface area (Å²) in [5.41, 5.74) is 7.79. The molecule has 16 heavy (non-hydrogen) atoms. The lowest BCUT2D eigenvalue weighted by Gasteiger charge is -2.18. The molecule has 0 aliphatic rings. The highest BCUT2D eigenvalue weighted by Crippen LogP contribution is 2.15. The molecule has 0 radical (unpaired) electrons. The summed E-state index contributed by atoms with van der Waals surface area (Å²) in [4.78, 5) is 5.74. The standard InChI is InChI=1S/C12H19N3O/c1-9(16)7-10-5-4-6-11(8-10)15(3)12(13)14-2/h4-6,8-9,16H,7H2,1-3H3,(H2,13,14)/t9-/m0/s1. The predicted molar refractivity (Wildman–Crippen MR) is 67.8 cm³/mol. The highest BCUT2D eigenvalue weighted by molar-refractivity contribution is 5.94. The highest BCUT2D eigenvalue weighted by atomic mass is 16.3. The van der Waals surface area contributed by atoms with Gasteiger partial charge in [-0.1, -0.05) is 12.1 Å². The first-order valence-electron chi connectivity index (χ1n) is 5.27. The van der Waals surface area contributed by atoms with Gasteiger partial charge in [-0.25, -0.2) is 0 Å². The van der Waals surface area contributed by atoms with Crippen molar-refractivity contribution < 1.29 is 5.11 Å². The van der Waals surface area contributed by atoms with Gasteiger partial charge in [0.1, 0.15) is 0 Å². The lowest BCUT2D eigenvalue weighted by atomic mass is 10.1. The van der Waals surface area contributed by atoms with E-state index in [1.54, 1.807) is 14.0 Å². The molecule has 0 amide bonds. The molecule has 0 spiro atoms. The maximum absolute atomic E-state index is 9.33. The molecule has 0 saturated carbocycles. The Bertz CT molecular complexity index is 374. The number of aliphatic hydroxyl groups excluding tert-OH is 1. The predicted octanol–water partition coefficient (Wildman–Crippen LogP) is 0.991. The Labute approximate surface area is 96.4 Å². The molecule has 0 heterocycles. The van der Waals surface area contributed by atoms with Crippen molar-refractivity contribution in [2.24, 2.45) is 10.7 Å². The number of hydrogen-bond donors (Lipinski definition) is 2. The number of nitrogens with two attached hydrogens (primary N) is 1. The van der Waals surface area contributed by atoms with Gasteiger partial charge >= 0.3 is 0 Å². The number of nitrogens with zero attached hydrogens (tertiary/aromatic N) is 2. The van der Waals surface area contributed by atoms with Gasteiger partial charge in [0, 0.05) is 19.8 Å². The monoisotopic (exact) mass is 221 g/mol. The van der Waals surface area contributed by atoms with Crippen LogP contribution in [0.15, 0.2) is 29.3 Å². The van der Waals surface area contributed by atoms with E-state index in [2.05, 4.69) is 4.99 Å². The van der Waals surface area contributed by atoms with E-state index in [1.807, 2.05) is 36.2 Å². The summed E-state index contributed by atoms with van der Waals surface area (Å²) in [5.74, 6) is 0.467. The third-order valence-electron chi connectivity index (χ3n) is 2.40. The summed E-state index contributed by atoms with van der Waals surface area (Å²) in [5, 5.41) is 9.33. The normalized spacial score (nSPS) is 13.6. The van der Waals surface area contributed by atoms with Crippen LogP contribution in [0.3, 0.4) is 0 Å². The number of hydrogen-bond acceptors (Lipinski definition) is 2. The Hall–Kier alpha value is -1.55. The van der Waals surface area contributed by atoms with Crippen LogP contribution in [0.2, 0.25) is 0 Å². The number of aliphatic imine (C=N–C) groups is 1. The van der Waals surface area contributed by atoms with Gasteiger partial charge < -0.3 is 15.7 Å². The Morgan fingerprint density at radius 2 is 2.25 bits per heavy atom. The maximum Gasteiger partial charge on any atom is 0.195 e. The summed E-state index contributed by atoms with van der Waals surface area (Å²) in [7, 11) is 3.52. The van der Waals surface area contributed by atoms with Crippen molar-refractivity contribution >= 4 is 11.6 Å². The third kappa shape index (κ3) is 3.24. The van der Waals surface area contributed by atoms with E-state index in [1.165, 1.54) is 0 Å². The Kier molecular flexibility index (Phi) is 4.31. The van der Waals surface area contributed by atoms with E-state index in [-0.39, 0.29) is 6.10 Å². The van der Waals surface area contributed by atoms with Gasteiger partial charge in [-0.2, -0.15) is 0 Å². The maximum atomic E-state index is 9.33. The molecule has 3 N–H and O–H groups in total. The Balaban J connectivity index is 2.89. The molecule has 1 aromatic rings. The van der Waals surface area contributed by atoms with Gasteiger partial charge in [0.25, 0.3) is 0 Å². The summed E-state index contributed by atoms with van der Waals surface area (Å²) >= 11 is 0. The SMILES string of the molecule is CN=C(N)N(C)c1cccc(C[C@H](C)O)c1. The number of benzene rings is 1. The average molecular weight is 221 g/mol.